The third-order valence-electron chi connectivity index (χ3n) is 4.62. The van der Waals surface area contributed by atoms with E-state index in [1.807, 2.05) is 48.5 Å². The van der Waals surface area contributed by atoms with Gasteiger partial charge in [0.25, 0.3) is 0 Å². The van der Waals surface area contributed by atoms with Crippen molar-refractivity contribution in [1.82, 2.24) is 0 Å². The summed E-state index contributed by atoms with van der Waals surface area (Å²) in [5.41, 5.74) is 4.87. The molecule has 0 amide bonds. The predicted octanol–water partition coefficient (Wildman–Crippen LogP) is 4.92. The maximum atomic E-state index is 11.1. The fourth-order valence-electron chi connectivity index (χ4n) is 3.51. The molecule has 0 N–H and O–H groups in total. The number of esters is 2. The Morgan fingerprint density at radius 3 is 1.43 bits per heavy atom. The topological polar surface area (TPSA) is 52.6 Å². The van der Waals surface area contributed by atoms with E-state index in [0.29, 0.717) is 11.5 Å². The van der Waals surface area contributed by atoms with Crippen molar-refractivity contribution < 1.29 is 19.1 Å². The highest BCUT2D eigenvalue weighted by Gasteiger charge is 2.15. The van der Waals surface area contributed by atoms with Crippen molar-refractivity contribution in [2.75, 3.05) is 0 Å². The van der Waals surface area contributed by atoms with Gasteiger partial charge in [-0.2, -0.15) is 0 Å². The molecule has 0 aromatic heterocycles. The average molecular weight is 375 g/mol. The standard InChI is InChI=1S/C23H24O4.B/c1-16(24)26-21-12-8-19(9-13-21)23(18-6-4-3-5-7-18)20-10-14-22(15-11-20)27-17(2)25;/h8-15H,3-7H2,1-2H3;. The first-order valence-corrected chi connectivity index (χ1v) is 9.32. The highest BCUT2D eigenvalue weighted by Crippen LogP contribution is 2.36. The van der Waals surface area contributed by atoms with Gasteiger partial charge in [-0.05, 0) is 66.6 Å². The van der Waals surface area contributed by atoms with Crippen LogP contribution in [0.5, 0.6) is 11.5 Å². The van der Waals surface area contributed by atoms with E-state index >= 15 is 0 Å². The quantitative estimate of drug-likeness (QED) is 0.432. The molecular weight excluding hydrogens is 351 g/mol. The summed E-state index contributed by atoms with van der Waals surface area (Å²) in [4.78, 5) is 22.3. The monoisotopic (exact) mass is 375 g/mol. The molecule has 1 saturated carbocycles. The molecule has 28 heavy (non-hydrogen) atoms. The number of hydrogen-bond donors (Lipinski definition) is 0. The Hall–Kier alpha value is -2.82. The molecule has 1 aliphatic carbocycles. The fourth-order valence-corrected chi connectivity index (χ4v) is 3.51. The molecule has 2 aromatic rings. The summed E-state index contributed by atoms with van der Waals surface area (Å²) in [6.45, 7) is 2.79. The molecule has 143 valence electrons. The molecule has 1 fully saturated rings. The lowest BCUT2D eigenvalue weighted by atomic mass is 9.85. The molecule has 0 aliphatic heterocycles. The lowest BCUT2D eigenvalue weighted by Crippen LogP contribution is -2.03. The van der Waals surface area contributed by atoms with E-state index in [9.17, 15) is 9.59 Å². The minimum absolute atomic E-state index is 0. The zero-order valence-corrected chi connectivity index (χ0v) is 16.4. The van der Waals surface area contributed by atoms with Gasteiger partial charge in [0.15, 0.2) is 0 Å². The van der Waals surface area contributed by atoms with Gasteiger partial charge in [0.05, 0.1) is 0 Å². The number of rotatable bonds is 4. The molecule has 0 spiro atoms. The number of hydrogen-bond acceptors (Lipinski definition) is 4. The first kappa shape index (κ1) is 21.5. The molecule has 3 rings (SSSR count). The van der Waals surface area contributed by atoms with Crippen molar-refractivity contribution in [3.8, 4) is 11.5 Å². The van der Waals surface area contributed by atoms with Crippen LogP contribution < -0.4 is 9.47 Å². The second kappa shape index (κ2) is 9.93. The van der Waals surface area contributed by atoms with Crippen LogP contribution in [0.25, 0.3) is 5.57 Å². The maximum Gasteiger partial charge on any atom is 0.308 e. The molecule has 0 saturated heterocycles. The summed E-state index contributed by atoms with van der Waals surface area (Å²) in [5.74, 6) is 0.443. The number of ether oxygens (including phenoxy) is 2. The Morgan fingerprint density at radius 1 is 0.679 bits per heavy atom. The van der Waals surface area contributed by atoms with Crippen LogP contribution in [-0.4, -0.2) is 20.4 Å². The Labute approximate surface area is 168 Å². The van der Waals surface area contributed by atoms with Gasteiger partial charge in [0.1, 0.15) is 11.5 Å². The van der Waals surface area contributed by atoms with E-state index in [2.05, 4.69) is 0 Å². The Bertz CT molecular complexity index is 782. The van der Waals surface area contributed by atoms with Crippen LogP contribution in [-0.2, 0) is 9.59 Å². The molecule has 0 unspecified atom stereocenters. The Balaban J connectivity index is 0.00000280. The van der Waals surface area contributed by atoms with Gasteiger partial charge in [-0.25, -0.2) is 0 Å². The third kappa shape index (κ3) is 5.59. The molecule has 5 heteroatoms. The highest BCUT2D eigenvalue weighted by atomic mass is 16.5. The van der Waals surface area contributed by atoms with Gasteiger partial charge in [-0.3, -0.25) is 9.59 Å². The van der Waals surface area contributed by atoms with Crippen molar-refractivity contribution in [2.24, 2.45) is 0 Å². The van der Waals surface area contributed by atoms with Crippen molar-refractivity contribution >= 4 is 25.9 Å². The number of allylic oxidation sites excluding steroid dienone is 1. The molecule has 4 nitrogen and oxygen atoms in total. The minimum atomic E-state index is -0.324. The molecule has 3 radical (unpaired) electrons. The normalized spacial score (nSPS) is 13.3. The molecule has 0 atom stereocenters. The maximum absolute atomic E-state index is 11.1. The summed E-state index contributed by atoms with van der Waals surface area (Å²) >= 11 is 0. The van der Waals surface area contributed by atoms with Gasteiger partial charge in [-0.15, -0.1) is 0 Å². The van der Waals surface area contributed by atoms with Gasteiger partial charge in [-0.1, -0.05) is 36.3 Å². The highest BCUT2D eigenvalue weighted by molar-refractivity contribution is 5.83. The summed E-state index contributed by atoms with van der Waals surface area (Å²) in [6, 6.07) is 15.3. The van der Waals surface area contributed by atoms with E-state index in [4.69, 9.17) is 9.47 Å². The van der Waals surface area contributed by atoms with E-state index in [1.165, 1.54) is 44.3 Å². The Kier molecular flexibility index (Phi) is 7.62. The molecule has 2 aromatic carbocycles. The summed E-state index contributed by atoms with van der Waals surface area (Å²) in [6.07, 6.45) is 5.86. The summed E-state index contributed by atoms with van der Waals surface area (Å²) in [7, 11) is 0. The van der Waals surface area contributed by atoms with Gasteiger partial charge < -0.3 is 9.47 Å². The number of carbonyl (C=O) groups is 2. The van der Waals surface area contributed by atoms with E-state index in [-0.39, 0.29) is 20.4 Å². The van der Waals surface area contributed by atoms with Crippen LogP contribution in [0.15, 0.2) is 54.1 Å². The van der Waals surface area contributed by atoms with Crippen LogP contribution in [0.2, 0.25) is 0 Å². The van der Waals surface area contributed by atoms with Crippen molar-refractivity contribution in [2.45, 2.75) is 46.0 Å². The first-order chi connectivity index (χ1) is 13.0. The van der Waals surface area contributed by atoms with Gasteiger partial charge in [0, 0.05) is 22.3 Å². The second-order valence-electron chi connectivity index (χ2n) is 6.78. The minimum Gasteiger partial charge on any atom is -0.427 e. The number of carbonyl (C=O) groups excluding carboxylic acids is 2. The number of benzene rings is 2. The fraction of sp³-hybridized carbons (Fsp3) is 0.304. The average Bonchev–Trinajstić information content (AvgIpc) is 2.65. The zero-order valence-electron chi connectivity index (χ0n) is 16.4. The second-order valence-corrected chi connectivity index (χ2v) is 6.78. The van der Waals surface area contributed by atoms with Gasteiger partial charge >= 0.3 is 11.9 Å². The van der Waals surface area contributed by atoms with Crippen molar-refractivity contribution in [3.63, 3.8) is 0 Å². The van der Waals surface area contributed by atoms with Crippen LogP contribution in [0.4, 0.5) is 0 Å². The first-order valence-electron chi connectivity index (χ1n) is 9.32. The van der Waals surface area contributed by atoms with E-state index < -0.39 is 0 Å². The summed E-state index contributed by atoms with van der Waals surface area (Å²) < 4.78 is 10.3. The molecule has 0 bridgehead atoms. The van der Waals surface area contributed by atoms with Crippen LogP contribution in [0.3, 0.4) is 0 Å². The van der Waals surface area contributed by atoms with Crippen LogP contribution in [0, 0.1) is 0 Å². The molecule has 0 heterocycles. The largest absolute Gasteiger partial charge is 0.427 e. The predicted molar refractivity (Wildman–Crippen MR) is 110 cm³/mol. The third-order valence-corrected chi connectivity index (χ3v) is 4.62. The lowest BCUT2D eigenvalue weighted by molar-refractivity contribution is -0.132. The van der Waals surface area contributed by atoms with Crippen LogP contribution in [0.1, 0.15) is 57.1 Å². The van der Waals surface area contributed by atoms with Gasteiger partial charge in [0.2, 0.25) is 0 Å². The molecular formula is C23H24BO4. The Morgan fingerprint density at radius 2 is 1.07 bits per heavy atom. The lowest BCUT2D eigenvalue weighted by Gasteiger charge is -2.20. The zero-order chi connectivity index (χ0) is 19.2. The summed E-state index contributed by atoms with van der Waals surface area (Å²) in [5, 5.41) is 0. The van der Waals surface area contributed by atoms with E-state index in [1.54, 1.807) is 0 Å². The SMILES string of the molecule is CC(=O)Oc1ccc(C(=C2CCCCC2)c2ccc(OC(C)=O)cc2)cc1.[B]. The van der Waals surface area contributed by atoms with Crippen LogP contribution >= 0.6 is 0 Å². The van der Waals surface area contributed by atoms with Crippen molar-refractivity contribution in [3.05, 3.63) is 65.2 Å². The smallest absolute Gasteiger partial charge is 0.308 e. The van der Waals surface area contributed by atoms with Crippen molar-refractivity contribution in [1.29, 1.82) is 0 Å². The van der Waals surface area contributed by atoms with E-state index in [0.717, 1.165) is 24.0 Å². The molecule has 1 aliphatic rings.